The van der Waals surface area contributed by atoms with Gasteiger partial charge >= 0.3 is 6.09 Å². The molecule has 1 rings (SSSR count). The molecule has 1 N–H and O–H groups in total. The summed E-state index contributed by atoms with van der Waals surface area (Å²) >= 11 is 0. The molecule has 0 unspecified atom stereocenters. The summed E-state index contributed by atoms with van der Waals surface area (Å²) < 4.78 is 5.17. The fourth-order valence-corrected chi connectivity index (χ4v) is 1.68. The van der Waals surface area contributed by atoms with Crippen LogP contribution in [0.5, 0.6) is 0 Å². The highest BCUT2D eigenvalue weighted by molar-refractivity contribution is 5.69. The van der Waals surface area contributed by atoms with Crippen LogP contribution in [-0.2, 0) is 4.74 Å². The van der Waals surface area contributed by atoms with Crippen molar-refractivity contribution < 1.29 is 9.53 Å². The van der Waals surface area contributed by atoms with Crippen LogP contribution in [0.3, 0.4) is 0 Å². The molecule has 0 aromatic heterocycles. The molecular weight excluding hydrogens is 252 g/mol. The number of amides is 1. The first-order valence-electron chi connectivity index (χ1n) is 6.69. The van der Waals surface area contributed by atoms with Gasteiger partial charge in [-0.3, -0.25) is 5.32 Å². The van der Waals surface area contributed by atoms with E-state index in [0.29, 0.717) is 0 Å². The lowest BCUT2D eigenvalue weighted by Crippen LogP contribution is -2.30. The molecule has 1 aromatic rings. The maximum absolute atomic E-state index is 11.5. The second kappa shape index (κ2) is 6.98. The van der Waals surface area contributed by atoms with Crippen molar-refractivity contribution in [1.29, 1.82) is 0 Å². The number of ether oxygens (including phenoxy) is 1. The molecule has 0 aliphatic carbocycles. The van der Waals surface area contributed by atoms with Crippen LogP contribution in [-0.4, -0.2) is 25.3 Å². The Morgan fingerprint density at radius 2 is 1.90 bits per heavy atom. The molecule has 1 aromatic carbocycles. The van der Waals surface area contributed by atoms with E-state index in [2.05, 4.69) is 22.3 Å². The van der Waals surface area contributed by atoms with Gasteiger partial charge in [-0.15, -0.1) is 0 Å². The van der Waals surface area contributed by atoms with Crippen LogP contribution in [0.15, 0.2) is 42.1 Å². The number of para-hydroxylation sites is 1. The lowest BCUT2D eigenvalue weighted by molar-refractivity contribution is 0.0552. The summed E-state index contributed by atoms with van der Waals surface area (Å²) in [6.07, 6.45) is 1.26. The summed E-state index contributed by atoms with van der Waals surface area (Å²) in [5.74, 6) is 0. The topological polar surface area (TPSA) is 41.6 Å². The number of anilines is 1. The van der Waals surface area contributed by atoms with E-state index in [4.69, 9.17) is 4.74 Å². The molecule has 1 amide bonds. The normalized spacial score (nSPS) is 11.9. The van der Waals surface area contributed by atoms with Crippen molar-refractivity contribution in [3.8, 4) is 0 Å². The first-order chi connectivity index (χ1) is 9.28. The number of nitrogens with one attached hydrogen (secondary N) is 1. The van der Waals surface area contributed by atoms with Gasteiger partial charge in [-0.25, -0.2) is 4.79 Å². The number of rotatable bonds is 4. The molecule has 0 heterocycles. The van der Waals surface area contributed by atoms with Crippen molar-refractivity contribution >= 4 is 11.8 Å². The van der Waals surface area contributed by atoms with Crippen molar-refractivity contribution in [3.05, 3.63) is 42.1 Å². The Balaban J connectivity index is 2.48. The summed E-state index contributed by atoms with van der Waals surface area (Å²) in [6.45, 7) is 8.22. The lowest BCUT2D eigenvalue weighted by Gasteiger charge is -2.20. The van der Waals surface area contributed by atoms with E-state index in [-0.39, 0.29) is 0 Å². The first-order valence-corrected chi connectivity index (χ1v) is 6.69. The standard InChI is InChI=1S/C16H24N2O2/c1-13(11-17-15(19)20-16(2,3)4)12-18(5)14-9-7-6-8-10-14/h6-11H,12H2,1-5H3,(H,17,19)/b13-11+. The van der Waals surface area contributed by atoms with Gasteiger partial charge in [0.2, 0.25) is 0 Å². The average Bonchev–Trinajstić information content (AvgIpc) is 2.35. The number of carbonyl (C=O) groups is 1. The molecule has 20 heavy (non-hydrogen) atoms. The number of nitrogens with zero attached hydrogens (tertiary/aromatic N) is 1. The minimum absolute atomic E-state index is 0.431. The van der Waals surface area contributed by atoms with E-state index in [9.17, 15) is 4.79 Å². The maximum atomic E-state index is 11.5. The quantitative estimate of drug-likeness (QED) is 0.914. The van der Waals surface area contributed by atoms with Crippen LogP contribution >= 0.6 is 0 Å². The Labute approximate surface area is 121 Å². The number of likely N-dealkylation sites (N-methyl/N-ethyl adjacent to an activating group) is 1. The SMILES string of the molecule is C/C(=C\NC(=O)OC(C)(C)C)CN(C)c1ccccc1. The van der Waals surface area contributed by atoms with Gasteiger partial charge < -0.3 is 9.64 Å². The Morgan fingerprint density at radius 1 is 1.30 bits per heavy atom. The maximum Gasteiger partial charge on any atom is 0.411 e. The highest BCUT2D eigenvalue weighted by atomic mass is 16.6. The Bertz CT molecular complexity index is 461. The van der Waals surface area contributed by atoms with Gasteiger partial charge in [0.1, 0.15) is 5.60 Å². The number of benzene rings is 1. The Hall–Kier alpha value is -1.97. The molecule has 0 spiro atoms. The summed E-state index contributed by atoms with van der Waals surface area (Å²) in [5.41, 5.74) is 1.70. The summed E-state index contributed by atoms with van der Waals surface area (Å²) in [5, 5.41) is 2.65. The van der Waals surface area contributed by atoms with Gasteiger partial charge in [0.25, 0.3) is 0 Å². The second-order valence-electron chi connectivity index (χ2n) is 5.83. The molecule has 0 atom stereocenters. The monoisotopic (exact) mass is 276 g/mol. The first kappa shape index (κ1) is 16.1. The van der Waals surface area contributed by atoms with Gasteiger partial charge in [-0.2, -0.15) is 0 Å². The highest BCUT2D eigenvalue weighted by Gasteiger charge is 2.15. The second-order valence-corrected chi connectivity index (χ2v) is 5.83. The molecule has 0 aliphatic heterocycles. The van der Waals surface area contributed by atoms with Crippen molar-refractivity contribution in [2.45, 2.75) is 33.3 Å². The molecule has 0 saturated carbocycles. The van der Waals surface area contributed by atoms with Crippen LogP contribution in [0.2, 0.25) is 0 Å². The lowest BCUT2D eigenvalue weighted by atomic mass is 10.2. The molecular formula is C16H24N2O2. The van der Waals surface area contributed by atoms with E-state index >= 15 is 0 Å². The van der Waals surface area contributed by atoms with Crippen LogP contribution < -0.4 is 10.2 Å². The van der Waals surface area contributed by atoms with Gasteiger partial charge in [-0.1, -0.05) is 18.2 Å². The van der Waals surface area contributed by atoms with Crippen LogP contribution in [0.4, 0.5) is 10.5 Å². The third-order valence-electron chi connectivity index (χ3n) is 2.52. The van der Waals surface area contributed by atoms with Crippen molar-refractivity contribution in [2.24, 2.45) is 0 Å². The summed E-state index contributed by atoms with van der Waals surface area (Å²) in [6, 6.07) is 10.1. The van der Waals surface area contributed by atoms with Crippen LogP contribution in [0.1, 0.15) is 27.7 Å². The predicted molar refractivity (Wildman–Crippen MR) is 82.8 cm³/mol. The molecule has 110 valence electrons. The molecule has 4 nitrogen and oxygen atoms in total. The zero-order chi connectivity index (χ0) is 15.2. The van der Waals surface area contributed by atoms with Gasteiger partial charge in [-0.05, 0) is 45.4 Å². The number of hydrogen-bond acceptors (Lipinski definition) is 3. The van der Waals surface area contributed by atoms with Crippen LogP contribution in [0, 0.1) is 0 Å². The Morgan fingerprint density at radius 3 is 2.45 bits per heavy atom. The van der Waals surface area contributed by atoms with Gasteiger partial charge in [0, 0.05) is 25.5 Å². The minimum atomic E-state index is -0.480. The van der Waals surface area contributed by atoms with Crippen molar-refractivity contribution in [3.63, 3.8) is 0 Å². The van der Waals surface area contributed by atoms with Crippen molar-refractivity contribution in [2.75, 3.05) is 18.5 Å². The molecule has 0 fully saturated rings. The van der Waals surface area contributed by atoms with Crippen molar-refractivity contribution in [1.82, 2.24) is 5.32 Å². The van der Waals surface area contributed by atoms with Gasteiger partial charge in [0.15, 0.2) is 0 Å². The van der Waals surface area contributed by atoms with E-state index in [1.807, 2.05) is 52.9 Å². The van der Waals surface area contributed by atoms with E-state index in [1.165, 1.54) is 0 Å². The number of carbonyl (C=O) groups excluding carboxylic acids is 1. The zero-order valence-corrected chi connectivity index (χ0v) is 12.9. The van der Waals surface area contributed by atoms with E-state index < -0.39 is 11.7 Å². The molecule has 4 heteroatoms. The molecule has 0 aliphatic rings. The predicted octanol–water partition coefficient (Wildman–Crippen LogP) is 3.55. The third kappa shape index (κ3) is 6.27. The summed E-state index contributed by atoms with van der Waals surface area (Å²) in [7, 11) is 2.01. The fourth-order valence-electron chi connectivity index (χ4n) is 1.68. The smallest absolute Gasteiger partial charge is 0.411 e. The van der Waals surface area contributed by atoms with Gasteiger partial charge in [0.05, 0.1) is 0 Å². The molecule has 0 radical (unpaired) electrons. The summed E-state index contributed by atoms with van der Waals surface area (Å²) in [4.78, 5) is 13.6. The Kier molecular flexibility index (Phi) is 5.62. The van der Waals surface area contributed by atoms with Crippen LogP contribution in [0.25, 0.3) is 0 Å². The van der Waals surface area contributed by atoms with E-state index in [0.717, 1.165) is 17.8 Å². The molecule has 0 saturated heterocycles. The average molecular weight is 276 g/mol. The van der Waals surface area contributed by atoms with E-state index in [1.54, 1.807) is 6.20 Å². The fraction of sp³-hybridized carbons (Fsp3) is 0.438. The minimum Gasteiger partial charge on any atom is -0.444 e. The number of alkyl carbamates (subject to hydrolysis) is 1. The highest BCUT2D eigenvalue weighted by Crippen LogP contribution is 2.12. The zero-order valence-electron chi connectivity index (χ0n) is 12.9. The largest absolute Gasteiger partial charge is 0.444 e. The third-order valence-corrected chi connectivity index (χ3v) is 2.52. The molecule has 0 bridgehead atoms. The number of hydrogen-bond donors (Lipinski definition) is 1.